The third-order valence-corrected chi connectivity index (χ3v) is 2.82. The molecule has 0 unspecified atom stereocenters. The van der Waals surface area contributed by atoms with Crippen molar-refractivity contribution < 1.29 is 9.53 Å². The van der Waals surface area contributed by atoms with E-state index in [1.807, 2.05) is 25.7 Å². The van der Waals surface area contributed by atoms with Crippen LogP contribution in [0.1, 0.15) is 33.6 Å². The maximum Gasteiger partial charge on any atom is 0.225 e. The molecule has 0 fully saturated rings. The van der Waals surface area contributed by atoms with E-state index in [1.165, 1.54) is 0 Å². The smallest absolute Gasteiger partial charge is 0.225 e. The zero-order chi connectivity index (χ0) is 14.8. The first kappa shape index (κ1) is 16.2. The number of hydrogen-bond donors (Lipinski definition) is 1. The molecule has 0 atom stereocenters. The van der Waals surface area contributed by atoms with Gasteiger partial charge in [-0.25, -0.2) is 4.98 Å². The fourth-order valence-corrected chi connectivity index (χ4v) is 1.73. The molecule has 0 spiro atoms. The minimum atomic E-state index is 0.140. The third-order valence-electron chi connectivity index (χ3n) is 2.82. The van der Waals surface area contributed by atoms with Gasteiger partial charge in [-0.15, -0.1) is 0 Å². The normalized spacial score (nSPS) is 10.2. The van der Waals surface area contributed by atoms with E-state index in [0.29, 0.717) is 31.4 Å². The molecule has 0 radical (unpaired) electrons. The van der Waals surface area contributed by atoms with Crippen LogP contribution in [0.4, 0.5) is 5.95 Å². The SMILES string of the molecule is CCCOc1ccnc(NCCC(=O)N(CC)CC)n1. The van der Waals surface area contributed by atoms with E-state index in [9.17, 15) is 4.79 Å². The summed E-state index contributed by atoms with van der Waals surface area (Å²) in [4.78, 5) is 22.0. The van der Waals surface area contributed by atoms with Crippen LogP contribution in [0.25, 0.3) is 0 Å². The number of aromatic nitrogens is 2. The van der Waals surface area contributed by atoms with Crippen LogP contribution in [0.2, 0.25) is 0 Å². The largest absolute Gasteiger partial charge is 0.478 e. The summed E-state index contributed by atoms with van der Waals surface area (Å²) in [5.74, 6) is 1.19. The minimum absolute atomic E-state index is 0.140. The van der Waals surface area contributed by atoms with Crippen molar-refractivity contribution in [2.24, 2.45) is 0 Å². The number of hydrogen-bond acceptors (Lipinski definition) is 5. The Morgan fingerprint density at radius 2 is 2.10 bits per heavy atom. The molecular formula is C14H24N4O2. The highest BCUT2D eigenvalue weighted by Crippen LogP contribution is 2.08. The topological polar surface area (TPSA) is 67.3 Å². The molecule has 1 aromatic rings. The Hall–Kier alpha value is -1.85. The first-order valence-electron chi connectivity index (χ1n) is 7.18. The minimum Gasteiger partial charge on any atom is -0.478 e. The molecule has 0 aliphatic carbocycles. The van der Waals surface area contributed by atoms with Crippen LogP contribution in [-0.4, -0.2) is 47.0 Å². The lowest BCUT2D eigenvalue weighted by molar-refractivity contribution is -0.130. The van der Waals surface area contributed by atoms with Gasteiger partial charge in [0.15, 0.2) is 0 Å². The number of ether oxygens (including phenoxy) is 1. The molecular weight excluding hydrogens is 256 g/mol. The highest BCUT2D eigenvalue weighted by molar-refractivity contribution is 5.76. The molecule has 112 valence electrons. The van der Waals surface area contributed by atoms with E-state index < -0.39 is 0 Å². The van der Waals surface area contributed by atoms with Gasteiger partial charge < -0.3 is 15.0 Å². The fraction of sp³-hybridized carbons (Fsp3) is 0.643. The summed E-state index contributed by atoms with van der Waals surface area (Å²) >= 11 is 0. The second-order valence-electron chi connectivity index (χ2n) is 4.31. The third kappa shape index (κ3) is 5.42. The molecule has 0 aliphatic rings. The quantitative estimate of drug-likeness (QED) is 0.748. The first-order valence-corrected chi connectivity index (χ1v) is 7.18. The number of nitrogens with zero attached hydrogens (tertiary/aromatic N) is 3. The molecule has 0 aliphatic heterocycles. The Balaban J connectivity index is 2.39. The lowest BCUT2D eigenvalue weighted by Gasteiger charge is -2.18. The summed E-state index contributed by atoms with van der Waals surface area (Å²) in [6, 6.07) is 1.72. The highest BCUT2D eigenvalue weighted by atomic mass is 16.5. The molecule has 6 nitrogen and oxygen atoms in total. The standard InChI is InChI=1S/C14H24N4O2/c1-4-11-20-12-7-9-15-14(17-12)16-10-8-13(19)18(5-2)6-3/h7,9H,4-6,8,10-11H2,1-3H3,(H,15,16,17). The Bertz CT molecular complexity index is 408. The van der Waals surface area contributed by atoms with Gasteiger partial charge in [-0.3, -0.25) is 4.79 Å². The van der Waals surface area contributed by atoms with Gasteiger partial charge in [0.2, 0.25) is 17.7 Å². The van der Waals surface area contributed by atoms with Crippen molar-refractivity contribution in [1.29, 1.82) is 0 Å². The first-order chi connectivity index (χ1) is 9.71. The molecule has 1 amide bonds. The predicted molar refractivity (Wildman–Crippen MR) is 78.9 cm³/mol. The van der Waals surface area contributed by atoms with Gasteiger partial charge >= 0.3 is 0 Å². The molecule has 0 bridgehead atoms. The average Bonchev–Trinajstić information content (AvgIpc) is 2.47. The predicted octanol–water partition coefficient (Wildman–Crippen LogP) is 1.94. The van der Waals surface area contributed by atoms with Crippen molar-refractivity contribution in [3.05, 3.63) is 12.3 Å². The molecule has 0 saturated heterocycles. The van der Waals surface area contributed by atoms with Gasteiger partial charge in [-0.05, 0) is 20.3 Å². The second-order valence-corrected chi connectivity index (χ2v) is 4.31. The highest BCUT2D eigenvalue weighted by Gasteiger charge is 2.09. The van der Waals surface area contributed by atoms with E-state index in [2.05, 4.69) is 15.3 Å². The van der Waals surface area contributed by atoms with E-state index in [-0.39, 0.29) is 5.91 Å². The average molecular weight is 280 g/mol. The summed E-state index contributed by atoms with van der Waals surface area (Å²) in [7, 11) is 0. The number of carbonyl (C=O) groups is 1. The monoisotopic (exact) mass is 280 g/mol. The van der Waals surface area contributed by atoms with Crippen molar-refractivity contribution in [3.63, 3.8) is 0 Å². The Labute approximate surface area is 120 Å². The Kier molecular flexibility index (Phi) is 7.39. The van der Waals surface area contributed by atoms with E-state index >= 15 is 0 Å². The molecule has 0 saturated carbocycles. The van der Waals surface area contributed by atoms with Gasteiger partial charge in [0.25, 0.3) is 0 Å². The second kappa shape index (κ2) is 9.12. The van der Waals surface area contributed by atoms with Crippen molar-refractivity contribution >= 4 is 11.9 Å². The van der Waals surface area contributed by atoms with Crippen molar-refractivity contribution in [1.82, 2.24) is 14.9 Å². The number of carbonyl (C=O) groups excluding carboxylic acids is 1. The molecule has 20 heavy (non-hydrogen) atoms. The van der Waals surface area contributed by atoms with Gasteiger partial charge in [-0.1, -0.05) is 6.92 Å². The van der Waals surface area contributed by atoms with Gasteiger partial charge in [-0.2, -0.15) is 4.98 Å². The summed E-state index contributed by atoms with van der Waals surface area (Å²) in [5.41, 5.74) is 0. The van der Waals surface area contributed by atoms with Crippen molar-refractivity contribution in [2.45, 2.75) is 33.6 Å². The van der Waals surface area contributed by atoms with Crippen molar-refractivity contribution in [2.75, 3.05) is 31.6 Å². The number of nitrogens with one attached hydrogen (secondary N) is 1. The summed E-state index contributed by atoms with van der Waals surface area (Å²) in [6.45, 7) is 8.64. The van der Waals surface area contributed by atoms with Crippen LogP contribution < -0.4 is 10.1 Å². The molecule has 1 N–H and O–H groups in total. The van der Waals surface area contributed by atoms with Gasteiger partial charge in [0.1, 0.15) is 0 Å². The summed E-state index contributed by atoms with van der Waals surface area (Å²) < 4.78 is 5.43. The summed E-state index contributed by atoms with van der Waals surface area (Å²) in [5, 5.41) is 3.05. The van der Waals surface area contributed by atoms with Crippen LogP contribution >= 0.6 is 0 Å². The fourth-order valence-electron chi connectivity index (χ4n) is 1.73. The van der Waals surface area contributed by atoms with Crippen LogP contribution in [0, 0.1) is 0 Å². The molecule has 6 heteroatoms. The molecule has 1 heterocycles. The number of rotatable bonds is 9. The van der Waals surface area contributed by atoms with Crippen LogP contribution in [-0.2, 0) is 4.79 Å². The maximum atomic E-state index is 11.8. The molecule has 1 aromatic heterocycles. The summed E-state index contributed by atoms with van der Waals surface area (Å²) in [6.07, 6.45) is 3.02. The van der Waals surface area contributed by atoms with Crippen LogP contribution in [0.3, 0.4) is 0 Å². The Morgan fingerprint density at radius 3 is 2.75 bits per heavy atom. The zero-order valence-electron chi connectivity index (χ0n) is 12.6. The zero-order valence-corrected chi connectivity index (χ0v) is 12.6. The van der Waals surface area contributed by atoms with Gasteiger partial charge in [0, 0.05) is 38.3 Å². The van der Waals surface area contributed by atoms with Crippen LogP contribution in [0.15, 0.2) is 12.3 Å². The number of amides is 1. The van der Waals surface area contributed by atoms with Crippen LogP contribution in [0.5, 0.6) is 5.88 Å². The molecule has 0 aromatic carbocycles. The lowest BCUT2D eigenvalue weighted by Crippen LogP contribution is -2.31. The van der Waals surface area contributed by atoms with E-state index in [1.54, 1.807) is 12.3 Å². The van der Waals surface area contributed by atoms with E-state index in [0.717, 1.165) is 19.5 Å². The molecule has 1 rings (SSSR count). The maximum absolute atomic E-state index is 11.8. The Morgan fingerprint density at radius 1 is 1.35 bits per heavy atom. The van der Waals surface area contributed by atoms with Crippen molar-refractivity contribution in [3.8, 4) is 5.88 Å². The lowest BCUT2D eigenvalue weighted by atomic mass is 10.3. The van der Waals surface area contributed by atoms with Gasteiger partial charge in [0.05, 0.1) is 6.61 Å². The van der Waals surface area contributed by atoms with E-state index in [4.69, 9.17) is 4.74 Å². The number of anilines is 1.